The zero-order valence-electron chi connectivity index (χ0n) is 19.6. The maximum Gasteiger partial charge on any atom is 0.417 e. The molecule has 0 bridgehead atoms. The largest absolute Gasteiger partial charge is 0.457 e. The van der Waals surface area contributed by atoms with Crippen LogP contribution in [0.25, 0.3) is 0 Å². The molecule has 0 unspecified atom stereocenters. The smallest absolute Gasteiger partial charge is 0.417 e. The number of aromatic nitrogens is 1. The van der Waals surface area contributed by atoms with Gasteiger partial charge >= 0.3 is 6.18 Å². The number of alkyl halides is 3. The molecule has 3 N–H and O–H groups in total. The van der Waals surface area contributed by atoms with E-state index < -0.39 is 34.0 Å². The van der Waals surface area contributed by atoms with E-state index in [1.807, 2.05) is 0 Å². The molecule has 4 rings (SSSR count). The summed E-state index contributed by atoms with van der Waals surface area (Å²) in [5, 5.41) is 7.03. The molecule has 198 valence electrons. The summed E-state index contributed by atoms with van der Waals surface area (Å²) in [6.07, 6.45) is -2.88. The lowest BCUT2D eigenvalue weighted by atomic mass is 10.0. The van der Waals surface area contributed by atoms with Gasteiger partial charge < -0.3 is 20.7 Å². The van der Waals surface area contributed by atoms with Crippen LogP contribution in [0.5, 0.6) is 11.5 Å². The molecule has 13 heteroatoms. The van der Waals surface area contributed by atoms with Crippen molar-refractivity contribution < 1.29 is 32.3 Å². The van der Waals surface area contributed by atoms with Crippen molar-refractivity contribution in [3.05, 3.63) is 76.0 Å². The van der Waals surface area contributed by atoms with E-state index in [2.05, 4.69) is 20.9 Å². The van der Waals surface area contributed by atoms with Crippen molar-refractivity contribution in [1.29, 1.82) is 0 Å². The minimum absolute atomic E-state index is 0.111. The van der Waals surface area contributed by atoms with Gasteiger partial charge in [-0.1, -0.05) is 23.2 Å². The van der Waals surface area contributed by atoms with Gasteiger partial charge in [0, 0.05) is 31.1 Å². The predicted octanol–water partition coefficient (Wildman–Crippen LogP) is 5.92. The molecule has 3 aromatic rings. The van der Waals surface area contributed by atoms with Crippen LogP contribution in [0.15, 0.2) is 54.7 Å². The monoisotopic (exact) mass is 566 g/mol. The summed E-state index contributed by atoms with van der Waals surface area (Å²) in [5.41, 5.74) is -2.34. The van der Waals surface area contributed by atoms with Crippen LogP contribution in [-0.2, 0) is 15.8 Å². The fourth-order valence-electron chi connectivity index (χ4n) is 3.52. The number of hydrogen-bond donors (Lipinski definition) is 3. The average Bonchev–Trinajstić information content (AvgIpc) is 3.68. The highest BCUT2D eigenvalue weighted by Crippen LogP contribution is 2.48. The molecule has 38 heavy (non-hydrogen) atoms. The van der Waals surface area contributed by atoms with E-state index in [1.165, 1.54) is 43.6 Å². The molecule has 0 aliphatic heterocycles. The Balaban J connectivity index is 1.44. The number of rotatable bonds is 7. The standard InChI is InChI=1S/C25H19Cl2F3N4O4/c1-31-21(35)20-12-15(6-9-32-20)38-14-3-5-19(18(27)11-14)34-23(37)24(7-8-24)22(36)33-13-2-4-17(26)16(10-13)25(28,29)30/h2-6,9-12H,7-8H2,1H3,(H,31,35)(H,33,36)(H,34,37). The van der Waals surface area contributed by atoms with Gasteiger partial charge in [-0.05, 0) is 49.2 Å². The Morgan fingerprint density at radius 1 is 0.921 bits per heavy atom. The zero-order valence-corrected chi connectivity index (χ0v) is 21.1. The molecule has 1 saturated carbocycles. The van der Waals surface area contributed by atoms with E-state index >= 15 is 0 Å². The first-order valence-electron chi connectivity index (χ1n) is 11.1. The number of hydrogen-bond acceptors (Lipinski definition) is 5. The molecule has 0 atom stereocenters. The Bertz CT molecular complexity index is 1430. The molecule has 0 spiro atoms. The van der Waals surface area contributed by atoms with Gasteiger partial charge in [-0.15, -0.1) is 0 Å². The van der Waals surface area contributed by atoms with Crippen LogP contribution in [0.1, 0.15) is 28.9 Å². The van der Waals surface area contributed by atoms with Crippen molar-refractivity contribution in [2.45, 2.75) is 19.0 Å². The number of nitrogens with one attached hydrogen (secondary N) is 3. The first kappa shape index (κ1) is 27.2. The van der Waals surface area contributed by atoms with Gasteiger partial charge in [0.05, 0.1) is 21.3 Å². The molecule has 2 aromatic carbocycles. The summed E-state index contributed by atoms with van der Waals surface area (Å²) in [6.45, 7) is 0. The minimum Gasteiger partial charge on any atom is -0.457 e. The van der Waals surface area contributed by atoms with Crippen molar-refractivity contribution in [3.63, 3.8) is 0 Å². The summed E-state index contributed by atoms with van der Waals surface area (Å²) in [4.78, 5) is 41.5. The van der Waals surface area contributed by atoms with Gasteiger partial charge in [0.15, 0.2) is 0 Å². The minimum atomic E-state index is -4.71. The van der Waals surface area contributed by atoms with E-state index in [-0.39, 0.29) is 40.8 Å². The van der Waals surface area contributed by atoms with Crippen molar-refractivity contribution in [1.82, 2.24) is 10.3 Å². The van der Waals surface area contributed by atoms with Crippen molar-refractivity contribution in [2.24, 2.45) is 5.41 Å². The number of ether oxygens (including phenoxy) is 1. The number of carbonyl (C=O) groups excluding carboxylic acids is 3. The number of halogens is 5. The summed E-state index contributed by atoms with van der Waals surface area (Å²) in [7, 11) is 1.47. The van der Waals surface area contributed by atoms with Crippen LogP contribution in [0.2, 0.25) is 10.0 Å². The number of anilines is 2. The fourth-order valence-corrected chi connectivity index (χ4v) is 3.96. The molecule has 0 saturated heterocycles. The quantitative estimate of drug-likeness (QED) is 0.308. The van der Waals surface area contributed by atoms with Gasteiger partial charge in [-0.25, -0.2) is 0 Å². The lowest BCUT2D eigenvalue weighted by Crippen LogP contribution is -2.35. The lowest BCUT2D eigenvalue weighted by molar-refractivity contribution is -0.137. The van der Waals surface area contributed by atoms with Crippen LogP contribution in [0.3, 0.4) is 0 Å². The van der Waals surface area contributed by atoms with Gasteiger partial charge in [0.25, 0.3) is 5.91 Å². The second-order valence-electron chi connectivity index (χ2n) is 8.38. The van der Waals surface area contributed by atoms with Crippen molar-refractivity contribution in [2.75, 3.05) is 17.7 Å². The third-order valence-corrected chi connectivity index (χ3v) is 6.41. The van der Waals surface area contributed by atoms with Gasteiger partial charge in [-0.2, -0.15) is 13.2 Å². The summed E-state index contributed by atoms with van der Waals surface area (Å²) in [6, 6.07) is 10.4. The van der Waals surface area contributed by atoms with Crippen molar-refractivity contribution in [3.8, 4) is 11.5 Å². The highest BCUT2D eigenvalue weighted by atomic mass is 35.5. The summed E-state index contributed by atoms with van der Waals surface area (Å²) < 4.78 is 45.1. The lowest BCUT2D eigenvalue weighted by Gasteiger charge is -2.17. The van der Waals surface area contributed by atoms with Crippen molar-refractivity contribution >= 4 is 52.3 Å². The molecule has 3 amide bonds. The van der Waals surface area contributed by atoms with E-state index in [4.69, 9.17) is 27.9 Å². The normalized spacial score (nSPS) is 13.8. The van der Waals surface area contributed by atoms with E-state index in [9.17, 15) is 27.6 Å². The topological polar surface area (TPSA) is 109 Å². The van der Waals surface area contributed by atoms with E-state index in [0.29, 0.717) is 17.6 Å². The molecular weight excluding hydrogens is 548 g/mol. The predicted molar refractivity (Wildman–Crippen MR) is 135 cm³/mol. The second kappa shape index (κ2) is 10.5. The average molecular weight is 567 g/mol. The number of pyridine rings is 1. The summed E-state index contributed by atoms with van der Waals surface area (Å²) in [5.74, 6) is -1.15. The molecule has 1 fully saturated rings. The SMILES string of the molecule is CNC(=O)c1cc(Oc2ccc(NC(=O)C3(C(=O)Nc4ccc(Cl)c(C(F)(F)F)c4)CC3)c(Cl)c2)ccn1. The first-order chi connectivity index (χ1) is 17.9. The molecule has 1 aliphatic carbocycles. The Kier molecular flexibility index (Phi) is 7.52. The van der Waals surface area contributed by atoms with Crippen LogP contribution in [-0.4, -0.2) is 29.8 Å². The van der Waals surface area contributed by atoms with Gasteiger partial charge in [0.1, 0.15) is 22.6 Å². The Morgan fingerprint density at radius 3 is 2.24 bits per heavy atom. The highest BCUT2D eigenvalue weighted by molar-refractivity contribution is 6.34. The third kappa shape index (κ3) is 5.84. The third-order valence-electron chi connectivity index (χ3n) is 5.76. The molecule has 0 radical (unpaired) electrons. The van der Waals surface area contributed by atoms with E-state index in [0.717, 1.165) is 6.07 Å². The van der Waals surface area contributed by atoms with Crippen LogP contribution in [0, 0.1) is 5.41 Å². The number of nitrogens with zero attached hydrogens (tertiary/aromatic N) is 1. The number of carbonyl (C=O) groups is 3. The molecule has 1 aliphatic rings. The molecular formula is C25H19Cl2F3N4O4. The molecule has 1 aromatic heterocycles. The van der Waals surface area contributed by atoms with Crippen LogP contribution < -0.4 is 20.7 Å². The van der Waals surface area contributed by atoms with Crippen LogP contribution >= 0.6 is 23.2 Å². The van der Waals surface area contributed by atoms with Gasteiger partial charge in [0.2, 0.25) is 11.8 Å². The highest BCUT2D eigenvalue weighted by Gasteiger charge is 2.56. The van der Waals surface area contributed by atoms with E-state index in [1.54, 1.807) is 6.07 Å². The maximum absolute atomic E-state index is 13.1. The van der Waals surface area contributed by atoms with Gasteiger partial charge in [-0.3, -0.25) is 19.4 Å². The Labute approximate surface area is 224 Å². The summed E-state index contributed by atoms with van der Waals surface area (Å²) >= 11 is 11.9. The Morgan fingerprint density at radius 2 is 1.61 bits per heavy atom. The fraction of sp³-hybridized carbons (Fsp3) is 0.200. The Hall–Kier alpha value is -3.83. The molecule has 1 heterocycles. The maximum atomic E-state index is 13.1. The number of benzene rings is 2. The second-order valence-corrected chi connectivity index (χ2v) is 9.20. The zero-order chi connectivity index (χ0) is 27.7. The first-order valence-corrected chi connectivity index (χ1v) is 11.8. The molecule has 8 nitrogen and oxygen atoms in total. The van der Waals surface area contributed by atoms with Crippen LogP contribution in [0.4, 0.5) is 24.5 Å². The number of amides is 3.